The van der Waals surface area contributed by atoms with Crippen LogP contribution < -0.4 is 10.2 Å². The van der Waals surface area contributed by atoms with Crippen molar-refractivity contribution in [2.24, 2.45) is 0 Å². The minimum atomic E-state index is -0.163. The molecule has 1 N–H and O–H groups in total. The molecule has 1 aromatic heterocycles. The molecule has 0 unspecified atom stereocenters. The fraction of sp³-hybridized carbons (Fsp3) is 0.273. The molecular formula is C22H23N3O2S. The molecule has 0 aliphatic carbocycles. The predicted octanol–water partition coefficient (Wildman–Crippen LogP) is 4.57. The molecule has 144 valence electrons. The lowest BCUT2D eigenvalue weighted by Crippen LogP contribution is -2.18. The molecule has 1 aliphatic rings. The third kappa shape index (κ3) is 4.77. The van der Waals surface area contributed by atoms with Gasteiger partial charge in [0.05, 0.1) is 12.3 Å². The summed E-state index contributed by atoms with van der Waals surface area (Å²) in [4.78, 5) is 19.3. The Kier molecular flexibility index (Phi) is 5.99. The fourth-order valence-electron chi connectivity index (χ4n) is 3.24. The summed E-state index contributed by atoms with van der Waals surface area (Å²) in [7, 11) is 0. The van der Waals surface area contributed by atoms with Crippen LogP contribution in [0.5, 0.6) is 0 Å². The number of hydrogen-bond donors (Lipinski definition) is 1. The maximum absolute atomic E-state index is 12.2. The normalized spacial score (nSPS) is 13.6. The highest BCUT2D eigenvalue weighted by Gasteiger charge is 2.16. The van der Waals surface area contributed by atoms with Gasteiger partial charge in [0.1, 0.15) is 6.61 Å². The van der Waals surface area contributed by atoms with Gasteiger partial charge in [0.2, 0.25) is 5.91 Å². The smallest absolute Gasteiger partial charge is 0.250 e. The monoisotopic (exact) mass is 393 g/mol. The average Bonchev–Trinajstić information content (AvgIpc) is 3.41. The molecule has 0 spiro atoms. The van der Waals surface area contributed by atoms with Gasteiger partial charge in [-0.2, -0.15) is 0 Å². The van der Waals surface area contributed by atoms with Crippen molar-refractivity contribution >= 4 is 28.1 Å². The summed E-state index contributed by atoms with van der Waals surface area (Å²) in [5, 5.41) is 6.06. The van der Waals surface area contributed by atoms with E-state index in [-0.39, 0.29) is 12.5 Å². The number of hydrogen-bond acceptors (Lipinski definition) is 5. The Labute approximate surface area is 169 Å². The van der Waals surface area contributed by atoms with Crippen LogP contribution >= 0.6 is 11.3 Å². The summed E-state index contributed by atoms with van der Waals surface area (Å²) in [5.74, 6) is -0.163. The molecule has 3 aromatic rings. The summed E-state index contributed by atoms with van der Waals surface area (Å²) in [5.41, 5.74) is 3.75. The highest BCUT2D eigenvalue weighted by molar-refractivity contribution is 7.14. The van der Waals surface area contributed by atoms with Crippen LogP contribution in [-0.4, -0.2) is 30.6 Å². The van der Waals surface area contributed by atoms with Crippen LogP contribution in [0.3, 0.4) is 0 Å². The first-order chi connectivity index (χ1) is 13.8. The molecule has 0 saturated carbocycles. The summed E-state index contributed by atoms with van der Waals surface area (Å²) in [6.07, 6.45) is 2.48. The van der Waals surface area contributed by atoms with E-state index in [0.717, 1.165) is 40.7 Å². The number of thiazole rings is 1. The van der Waals surface area contributed by atoms with E-state index in [1.807, 2.05) is 54.6 Å². The second kappa shape index (κ2) is 8.99. The lowest BCUT2D eigenvalue weighted by molar-refractivity contribution is -0.121. The number of benzene rings is 2. The molecule has 6 heteroatoms. The topological polar surface area (TPSA) is 54.5 Å². The fourth-order valence-corrected chi connectivity index (χ4v) is 4.13. The number of nitrogens with one attached hydrogen (secondary N) is 1. The Morgan fingerprint density at radius 3 is 2.75 bits per heavy atom. The maximum atomic E-state index is 12.2. The molecule has 0 atom stereocenters. The number of anilines is 2. The lowest BCUT2D eigenvalue weighted by Gasteiger charge is -2.12. The first-order valence-corrected chi connectivity index (χ1v) is 10.4. The molecule has 28 heavy (non-hydrogen) atoms. The van der Waals surface area contributed by atoms with Gasteiger partial charge in [-0.25, -0.2) is 4.98 Å². The molecule has 1 fully saturated rings. The summed E-state index contributed by atoms with van der Waals surface area (Å²) in [6.45, 7) is 2.62. The van der Waals surface area contributed by atoms with E-state index in [4.69, 9.17) is 9.72 Å². The average molecular weight is 394 g/mol. The number of nitrogens with zero attached hydrogens (tertiary/aromatic N) is 2. The van der Waals surface area contributed by atoms with Crippen molar-refractivity contribution in [3.8, 4) is 11.3 Å². The van der Waals surface area contributed by atoms with Gasteiger partial charge in [0.15, 0.2) is 5.13 Å². The standard InChI is InChI=1S/C22H23N3O2S/c26-21(15-27-14-17-7-2-1-3-8-17)23-19-10-6-9-18(13-19)20-16-28-22(24-20)25-11-4-5-12-25/h1-3,6-10,13,16H,4-5,11-12,14-15H2,(H,23,26). The van der Waals surface area contributed by atoms with Gasteiger partial charge in [-0.15, -0.1) is 11.3 Å². The second-order valence-corrected chi connectivity index (χ2v) is 7.65. The van der Waals surface area contributed by atoms with Crippen LogP contribution in [0.25, 0.3) is 11.3 Å². The number of amides is 1. The zero-order valence-corrected chi connectivity index (χ0v) is 16.5. The SMILES string of the molecule is O=C(COCc1ccccc1)Nc1cccc(-c2csc(N3CCCC3)n2)c1. The van der Waals surface area contributed by atoms with Gasteiger partial charge in [-0.1, -0.05) is 42.5 Å². The molecule has 1 amide bonds. The number of carbonyl (C=O) groups is 1. The minimum absolute atomic E-state index is 0.0227. The predicted molar refractivity (Wildman–Crippen MR) is 114 cm³/mol. The molecule has 5 nitrogen and oxygen atoms in total. The maximum Gasteiger partial charge on any atom is 0.250 e. The number of ether oxygens (including phenoxy) is 1. The number of rotatable bonds is 7. The van der Waals surface area contributed by atoms with Crippen LogP contribution in [0.15, 0.2) is 60.0 Å². The van der Waals surface area contributed by atoms with Crippen molar-refractivity contribution in [1.82, 2.24) is 4.98 Å². The van der Waals surface area contributed by atoms with Crippen LogP contribution in [0, 0.1) is 0 Å². The van der Waals surface area contributed by atoms with E-state index in [2.05, 4.69) is 15.6 Å². The van der Waals surface area contributed by atoms with Crippen molar-refractivity contribution in [3.63, 3.8) is 0 Å². The Morgan fingerprint density at radius 2 is 1.93 bits per heavy atom. The first kappa shape index (κ1) is 18.7. The summed E-state index contributed by atoms with van der Waals surface area (Å²) in [6, 6.07) is 17.6. The van der Waals surface area contributed by atoms with E-state index in [1.54, 1.807) is 11.3 Å². The number of aromatic nitrogens is 1. The van der Waals surface area contributed by atoms with Gasteiger partial charge in [0, 0.05) is 29.7 Å². The van der Waals surface area contributed by atoms with Gasteiger partial charge >= 0.3 is 0 Å². The third-order valence-corrected chi connectivity index (χ3v) is 5.56. The highest BCUT2D eigenvalue weighted by Crippen LogP contribution is 2.30. The van der Waals surface area contributed by atoms with Crippen molar-refractivity contribution in [1.29, 1.82) is 0 Å². The van der Waals surface area contributed by atoms with Gasteiger partial charge in [-0.05, 0) is 30.5 Å². The highest BCUT2D eigenvalue weighted by atomic mass is 32.1. The van der Waals surface area contributed by atoms with E-state index >= 15 is 0 Å². The van der Waals surface area contributed by atoms with Crippen molar-refractivity contribution < 1.29 is 9.53 Å². The van der Waals surface area contributed by atoms with Crippen molar-refractivity contribution in [2.75, 3.05) is 29.9 Å². The Balaban J connectivity index is 1.33. The van der Waals surface area contributed by atoms with E-state index in [9.17, 15) is 4.79 Å². The van der Waals surface area contributed by atoms with Crippen molar-refractivity contribution in [3.05, 3.63) is 65.5 Å². The Hall–Kier alpha value is -2.70. The second-order valence-electron chi connectivity index (χ2n) is 6.82. The minimum Gasteiger partial charge on any atom is -0.367 e. The van der Waals surface area contributed by atoms with Crippen LogP contribution in [0.2, 0.25) is 0 Å². The first-order valence-electron chi connectivity index (χ1n) is 9.50. The molecule has 2 heterocycles. The largest absolute Gasteiger partial charge is 0.367 e. The summed E-state index contributed by atoms with van der Waals surface area (Å²) < 4.78 is 5.50. The van der Waals surface area contributed by atoms with E-state index in [1.165, 1.54) is 12.8 Å². The Bertz CT molecular complexity index is 920. The molecule has 2 aromatic carbocycles. The molecular weight excluding hydrogens is 370 g/mol. The third-order valence-electron chi connectivity index (χ3n) is 4.66. The summed E-state index contributed by atoms with van der Waals surface area (Å²) >= 11 is 1.68. The van der Waals surface area contributed by atoms with E-state index in [0.29, 0.717) is 6.61 Å². The zero-order chi connectivity index (χ0) is 19.2. The molecule has 1 saturated heterocycles. The van der Waals surface area contributed by atoms with Gasteiger partial charge in [-0.3, -0.25) is 4.79 Å². The zero-order valence-electron chi connectivity index (χ0n) is 15.6. The molecule has 1 aliphatic heterocycles. The van der Waals surface area contributed by atoms with Crippen LogP contribution in [-0.2, 0) is 16.1 Å². The van der Waals surface area contributed by atoms with Gasteiger partial charge < -0.3 is 15.0 Å². The molecule has 0 radical (unpaired) electrons. The molecule has 4 rings (SSSR count). The van der Waals surface area contributed by atoms with Gasteiger partial charge in [0.25, 0.3) is 0 Å². The number of carbonyl (C=O) groups excluding carboxylic acids is 1. The molecule has 0 bridgehead atoms. The van der Waals surface area contributed by atoms with Crippen LogP contribution in [0.4, 0.5) is 10.8 Å². The lowest BCUT2D eigenvalue weighted by atomic mass is 10.1. The van der Waals surface area contributed by atoms with E-state index < -0.39 is 0 Å². The Morgan fingerprint density at radius 1 is 1.11 bits per heavy atom. The van der Waals surface area contributed by atoms with Crippen LogP contribution in [0.1, 0.15) is 18.4 Å². The quantitative estimate of drug-likeness (QED) is 0.639. The van der Waals surface area contributed by atoms with Crippen molar-refractivity contribution in [2.45, 2.75) is 19.4 Å².